The van der Waals surface area contributed by atoms with Crippen molar-refractivity contribution in [1.82, 2.24) is 0 Å². The molecular formula is C64H136Mo3O11P4S12. The van der Waals surface area contributed by atoms with Gasteiger partial charge in [-0.2, -0.15) is 0 Å². The van der Waals surface area contributed by atoms with Gasteiger partial charge in [-0.15, -0.1) is 0 Å². The molecule has 0 saturated carbocycles. The maximum absolute atomic E-state index is 8.26. The Kier molecular flexibility index (Phi) is 143. The molecule has 0 aromatic heterocycles. The zero-order valence-electron chi connectivity index (χ0n) is 60.0. The van der Waals surface area contributed by atoms with E-state index in [0.717, 1.165) is 51.4 Å². The van der Waals surface area contributed by atoms with Crippen LogP contribution >= 0.6 is 22.8 Å². The van der Waals surface area contributed by atoms with Crippen molar-refractivity contribution in [3.8, 4) is 0 Å². The Bertz CT molecular complexity index is 1260. The zero-order valence-corrected chi connectivity index (χ0v) is 79.4. The van der Waals surface area contributed by atoms with Crippen molar-refractivity contribution in [2.24, 2.45) is 0 Å². The maximum atomic E-state index is 8.26. The van der Waals surface area contributed by atoms with Crippen LogP contribution in [-0.4, -0.2) is 52.9 Å². The summed E-state index contributed by atoms with van der Waals surface area (Å²) in [5.41, 5.74) is -9.59. The minimum atomic E-state index is -2.40. The van der Waals surface area contributed by atoms with Crippen LogP contribution in [0.3, 0.4) is 0 Å². The van der Waals surface area contributed by atoms with E-state index in [4.69, 9.17) is 143 Å². The van der Waals surface area contributed by atoms with E-state index >= 15 is 0 Å². The molecule has 0 bridgehead atoms. The van der Waals surface area contributed by atoms with E-state index < -0.39 is 22.8 Å². The van der Waals surface area contributed by atoms with Gasteiger partial charge in [0.25, 0.3) is 0 Å². The average Bonchev–Trinajstić information content (AvgIpc) is 2.77. The Hall–Kier alpha value is 6.54. The largest absolute Gasteiger partial charge is 2.00 e. The quantitative estimate of drug-likeness (QED) is 0.0248. The van der Waals surface area contributed by atoms with Crippen molar-refractivity contribution < 1.29 is 106 Å². The predicted molar refractivity (Wildman–Crippen MR) is 433 cm³/mol. The fourth-order valence-electron chi connectivity index (χ4n) is 8.62. The molecule has 0 rings (SSSR count). The van der Waals surface area contributed by atoms with Crippen LogP contribution in [0, 0.1) is 0 Å². The first-order valence-corrected chi connectivity index (χ1v) is 52.5. The van der Waals surface area contributed by atoms with E-state index in [0.29, 0.717) is 112 Å². The number of rotatable bonds is 64. The minimum Gasteiger partial charge on any atom is -2.00 e. The van der Waals surface area contributed by atoms with Crippen molar-refractivity contribution in [3.05, 3.63) is 0 Å². The molecule has 0 fully saturated rings. The Morgan fingerprint density at radius 3 is 0.351 bits per heavy atom. The van der Waals surface area contributed by atoms with Gasteiger partial charge in [0.15, 0.2) is 0 Å². The average molecular weight is 1880 g/mol. The standard InChI is InChI=1S/4C16H35O2PS2.3Mo.3O.4S/c4*1-3-5-7-9-11-13-15-17-19(20,21)18-16-14-12-10-8-6-4-2;;;;;;;;;;/h4*3-16H2,1-2H3,(H,20,21);;;;;;;;;;/q;;;;3*+4;;;;4*-2/p-4. The van der Waals surface area contributed by atoms with Gasteiger partial charge >= 0.3 is 69.5 Å². The summed E-state index contributed by atoms with van der Waals surface area (Å²) in [6.45, 7) is 23.2. The van der Waals surface area contributed by atoms with Crippen LogP contribution in [0.25, 0.3) is 0 Å². The first-order chi connectivity index (χ1) is 43.5. The van der Waals surface area contributed by atoms with Gasteiger partial charge in [0, 0.05) is 0 Å². The SMILES string of the molecule is CCCCCCCCOP(=S)([S-])OCCCCCCCC.CCCCCCCCOP(=S)([S-])OCCCCCCCC.CCCCCCCCOP(=S)([S-])OCCCCCCCC.CCCCCCCCOP(=S)([S-])OCCCCCCCC.[O]=[Mo+4].[O]=[Mo+4].[O]=[Mo+4].[S-2].[S-2].[S-2].[S-2]. The summed E-state index contributed by atoms with van der Waals surface area (Å²) in [7, 11) is 0. The second-order valence-corrected chi connectivity index (χ2v) is 42.6. The van der Waals surface area contributed by atoms with E-state index in [1.807, 2.05) is 0 Å². The van der Waals surface area contributed by atoms with Gasteiger partial charge in [-0.1, -0.05) is 359 Å². The van der Waals surface area contributed by atoms with Crippen LogP contribution in [0.1, 0.15) is 364 Å². The molecule has 0 aromatic rings. The Morgan fingerprint density at radius 1 is 0.191 bits per heavy atom. The molecular weight excluding hydrogens is 1740 g/mol. The molecule has 94 heavy (non-hydrogen) atoms. The zero-order chi connectivity index (χ0) is 69.3. The topological polar surface area (TPSA) is 125 Å². The summed E-state index contributed by atoms with van der Waals surface area (Å²) in [6.07, 6.45) is 60.0. The molecule has 11 nitrogen and oxygen atoms in total. The van der Waals surface area contributed by atoms with Gasteiger partial charge in [0.2, 0.25) is 0 Å². The van der Waals surface area contributed by atoms with Crippen LogP contribution in [0.2, 0.25) is 0 Å². The first kappa shape index (κ1) is 124. The molecule has 0 aliphatic rings. The maximum Gasteiger partial charge on any atom is -2.00 e. The molecule has 0 saturated heterocycles. The second kappa shape index (κ2) is 108. The Labute approximate surface area is 687 Å². The molecule has 0 aliphatic heterocycles. The molecule has 0 aliphatic carbocycles. The summed E-state index contributed by atoms with van der Waals surface area (Å²) in [6, 6.07) is 0. The number of hydrogen-bond donors (Lipinski definition) is 0. The van der Waals surface area contributed by atoms with Crippen molar-refractivity contribution in [2.45, 2.75) is 364 Å². The normalized spacial score (nSPS) is 10.9. The fourth-order valence-corrected chi connectivity index (χ4v) is 15.3. The van der Waals surface area contributed by atoms with Gasteiger partial charge in [0.1, 0.15) is 0 Å². The van der Waals surface area contributed by atoms with Crippen molar-refractivity contribution in [3.63, 3.8) is 0 Å². The number of hydrogen-bond acceptors (Lipinski definition) is 19. The van der Waals surface area contributed by atoms with Crippen LogP contribution in [-0.2, 0) is 256 Å². The summed E-state index contributed by atoms with van der Waals surface area (Å²) >= 11 is 44.2. The first-order valence-electron chi connectivity index (χ1n) is 35.4. The fraction of sp³-hybridized carbons (Fsp3) is 1.00. The summed E-state index contributed by atoms with van der Waals surface area (Å²) in [4.78, 5) is 0. The van der Waals surface area contributed by atoms with E-state index in [1.54, 1.807) is 0 Å². The van der Waals surface area contributed by atoms with E-state index in [9.17, 15) is 0 Å². The summed E-state index contributed by atoms with van der Waals surface area (Å²) < 4.78 is 69.6. The molecule has 0 amide bonds. The summed E-state index contributed by atoms with van der Waals surface area (Å²) in [5.74, 6) is 0. The molecule has 0 heterocycles. The monoisotopic (exact) mass is 1880 g/mol. The van der Waals surface area contributed by atoms with E-state index in [1.165, 1.54) is 257 Å². The van der Waals surface area contributed by atoms with E-state index in [-0.39, 0.29) is 54.0 Å². The predicted octanol–water partition coefficient (Wildman–Crippen LogP) is 25.7. The molecule has 0 radical (unpaired) electrons. The van der Waals surface area contributed by atoms with Gasteiger partial charge in [-0.3, -0.25) is 0 Å². The molecule has 568 valence electrons. The smallest absolute Gasteiger partial charge is 2.00 e. The van der Waals surface area contributed by atoms with Gasteiger partial charge < -0.3 is 139 Å². The van der Waals surface area contributed by atoms with Gasteiger partial charge in [-0.05, 0) is 51.4 Å². The Balaban J connectivity index is -0.000000104. The third-order valence-corrected chi connectivity index (χ3v) is 23.0. The molecule has 0 unspecified atom stereocenters. The molecule has 0 N–H and O–H groups in total. The molecule has 0 spiro atoms. The minimum absolute atomic E-state index is 0. The van der Waals surface area contributed by atoms with Crippen LogP contribution in [0.15, 0.2) is 0 Å². The molecule has 30 heteroatoms. The molecule has 0 aromatic carbocycles. The number of unbranched alkanes of at least 4 members (excludes halogenated alkanes) is 40. The Morgan fingerprint density at radius 2 is 0.266 bits per heavy atom. The van der Waals surface area contributed by atoms with Gasteiger partial charge in [0.05, 0.1) is 75.6 Å². The van der Waals surface area contributed by atoms with Gasteiger partial charge in [-0.25, -0.2) is 0 Å². The van der Waals surface area contributed by atoms with Crippen molar-refractivity contribution in [1.29, 1.82) is 0 Å². The van der Waals surface area contributed by atoms with Crippen LogP contribution in [0.4, 0.5) is 0 Å². The van der Waals surface area contributed by atoms with Crippen LogP contribution in [0.5, 0.6) is 0 Å². The van der Waals surface area contributed by atoms with Crippen molar-refractivity contribution in [2.75, 3.05) is 52.9 Å². The van der Waals surface area contributed by atoms with Crippen LogP contribution < -0.4 is 0 Å². The van der Waals surface area contributed by atoms with E-state index in [2.05, 4.69) is 55.4 Å². The second-order valence-electron chi connectivity index (χ2n) is 22.6. The van der Waals surface area contributed by atoms with Crippen molar-refractivity contribution >= 4 is 173 Å². The third-order valence-electron chi connectivity index (χ3n) is 14.0. The third kappa shape index (κ3) is 125. The summed E-state index contributed by atoms with van der Waals surface area (Å²) in [5, 5.41) is 0. The molecule has 0 atom stereocenters.